The van der Waals surface area contributed by atoms with E-state index in [9.17, 15) is 0 Å². The van der Waals surface area contributed by atoms with Gasteiger partial charge in [-0.1, -0.05) is 0 Å². The molecule has 0 saturated carbocycles. The number of nitrogens with zero attached hydrogens (tertiary/aromatic N) is 2. The summed E-state index contributed by atoms with van der Waals surface area (Å²) < 4.78 is 0. The maximum atomic E-state index is 5.33. The molecule has 0 saturated heterocycles. The van der Waals surface area contributed by atoms with Crippen molar-refractivity contribution in [2.75, 3.05) is 0 Å². The third kappa shape index (κ3) is 1.89. The van der Waals surface area contributed by atoms with Crippen LogP contribution in [0.4, 0.5) is 0 Å². The highest BCUT2D eigenvalue weighted by atomic mass is 15.1. The van der Waals surface area contributed by atoms with Gasteiger partial charge in [-0.3, -0.25) is 10.1 Å². The molecular formula is C6H10N4. The van der Waals surface area contributed by atoms with Gasteiger partial charge in [0, 0.05) is 11.8 Å². The zero-order valence-electron chi connectivity index (χ0n) is 5.83. The number of amidine groups is 1. The van der Waals surface area contributed by atoms with E-state index in [2.05, 4.69) is 15.2 Å². The molecule has 10 heavy (non-hydrogen) atoms. The summed E-state index contributed by atoms with van der Waals surface area (Å²) in [6.45, 7) is 2.37. The molecule has 0 fully saturated rings. The summed E-state index contributed by atoms with van der Waals surface area (Å²) in [4.78, 5) is 4.00. The van der Waals surface area contributed by atoms with E-state index in [0.717, 1.165) is 5.56 Å². The minimum Gasteiger partial charge on any atom is -0.388 e. The van der Waals surface area contributed by atoms with Crippen LogP contribution in [0.2, 0.25) is 0 Å². The molecule has 0 radical (unpaired) electrons. The van der Waals surface area contributed by atoms with Gasteiger partial charge in [-0.25, -0.2) is 0 Å². The number of rotatable bonds is 2. The molecule has 54 valence electrons. The van der Waals surface area contributed by atoms with Crippen molar-refractivity contribution in [2.45, 2.75) is 13.5 Å². The Labute approximate surface area is 59.2 Å². The lowest BCUT2D eigenvalue weighted by atomic mass is 10.4. The van der Waals surface area contributed by atoms with Crippen molar-refractivity contribution in [3.63, 3.8) is 0 Å². The molecule has 1 aromatic rings. The van der Waals surface area contributed by atoms with Crippen molar-refractivity contribution in [3.8, 4) is 0 Å². The number of aromatic amines is 1. The standard InChI is InChI=1S/C6H10N4/c1-5(7)8-2-6-3-9-10-4-6/h3-4H,2H2,1H3,(H2,7,8)(H,9,10). The molecule has 0 aliphatic heterocycles. The van der Waals surface area contributed by atoms with E-state index in [4.69, 9.17) is 5.73 Å². The van der Waals surface area contributed by atoms with Gasteiger partial charge in [-0.05, 0) is 6.92 Å². The largest absolute Gasteiger partial charge is 0.388 e. The van der Waals surface area contributed by atoms with Crippen LogP contribution >= 0.6 is 0 Å². The number of aromatic nitrogens is 2. The van der Waals surface area contributed by atoms with Gasteiger partial charge in [-0.15, -0.1) is 0 Å². The first kappa shape index (κ1) is 6.80. The van der Waals surface area contributed by atoms with Crippen molar-refractivity contribution in [1.82, 2.24) is 10.2 Å². The summed E-state index contributed by atoms with van der Waals surface area (Å²) in [5.74, 6) is 0.598. The Morgan fingerprint density at radius 2 is 2.70 bits per heavy atom. The molecule has 1 heterocycles. The molecule has 1 rings (SSSR count). The molecule has 0 amide bonds. The second-order valence-electron chi connectivity index (χ2n) is 2.06. The Bertz CT molecular complexity index is 208. The predicted molar refractivity (Wildman–Crippen MR) is 39.6 cm³/mol. The van der Waals surface area contributed by atoms with Crippen LogP contribution in [-0.2, 0) is 6.54 Å². The van der Waals surface area contributed by atoms with E-state index < -0.39 is 0 Å². The topological polar surface area (TPSA) is 67.1 Å². The average molecular weight is 138 g/mol. The Balaban J connectivity index is 2.49. The van der Waals surface area contributed by atoms with E-state index >= 15 is 0 Å². The SMILES string of the molecule is CC(N)=NCc1cn[nH]c1. The Hall–Kier alpha value is -1.32. The maximum Gasteiger partial charge on any atom is 0.0909 e. The van der Waals surface area contributed by atoms with Crippen molar-refractivity contribution < 1.29 is 0 Å². The molecule has 0 aliphatic carbocycles. The second-order valence-corrected chi connectivity index (χ2v) is 2.06. The minimum atomic E-state index is 0.598. The smallest absolute Gasteiger partial charge is 0.0909 e. The summed E-state index contributed by atoms with van der Waals surface area (Å²) >= 11 is 0. The van der Waals surface area contributed by atoms with E-state index in [1.165, 1.54) is 0 Å². The fourth-order valence-electron chi connectivity index (χ4n) is 0.580. The first-order valence-electron chi connectivity index (χ1n) is 3.03. The highest BCUT2D eigenvalue weighted by molar-refractivity contribution is 5.77. The zero-order valence-corrected chi connectivity index (χ0v) is 5.83. The lowest BCUT2D eigenvalue weighted by Gasteiger charge is -1.88. The van der Waals surface area contributed by atoms with Crippen molar-refractivity contribution >= 4 is 5.84 Å². The fraction of sp³-hybridized carbons (Fsp3) is 0.333. The lowest BCUT2D eigenvalue weighted by molar-refractivity contribution is 1.06. The van der Waals surface area contributed by atoms with Gasteiger partial charge >= 0.3 is 0 Å². The van der Waals surface area contributed by atoms with Gasteiger partial charge in [-0.2, -0.15) is 5.10 Å². The Morgan fingerprint density at radius 1 is 1.90 bits per heavy atom. The van der Waals surface area contributed by atoms with Crippen LogP contribution in [0, 0.1) is 0 Å². The van der Waals surface area contributed by atoms with E-state index in [1.54, 1.807) is 19.3 Å². The minimum absolute atomic E-state index is 0.598. The van der Waals surface area contributed by atoms with E-state index in [1.807, 2.05) is 0 Å². The van der Waals surface area contributed by atoms with E-state index in [0.29, 0.717) is 12.4 Å². The second kappa shape index (κ2) is 3.00. The molecule has 0 aliphatic rings. The third-order valence-electron chi connectivity index (χ3n) is 1.07. The third-order valence-corrected chi connectivity index (χ3v) is 1.07. The van der Waals surface area contributed by atoms with Crippen LogP contribution in [0.25, 0.3) is 0 Å². The van der Waals surface area contributed by atoms with Gasteiger partial charge < -0.3 is 5.73 Å². The van der Waals surface area contributed by atoms with Gasteiger partial charge in [0.2, 0.25) is 0 Å². The first-order chi connectivity index (χ1) is 4.79. The quantitative estimate of drug-likeness (QED) is 0.455. The van der Waals surface area contributed by atoms with Crippen LogP contribution in [0.3, 0.4) is 0 Å². The molecule has 3 N–H and O–H groups in total. The molecule has 0 spiro atoms. The molecule has 4 nitrogen and oxygen atoms in total. The normalized spacial score (nSPS) is 11.9. The molecule has 0 aromatic carbocycles. The monoisotopic (exact) mass is 138 g/mol. The number of aliphatic imine (C=N–C) groups is 1. The molecule has 1 aromatic heterocycles. The predicted octanol–water partition coefficient (Wildman–Crippen LogP) is 0.287. The van der Waals surface area contributed by atoms with Crippen molar-refractivity contribution in [1.29, 1.82) is 0 Å². The number of hydrogen-bond acceptors (Lipinski definition) is 2. The van der Waals surface area contributed by atoms with Crippen LogP contribution in [-0.4, -0.2) is 16.0 Å². The summed E-state index contributed by atoms with van der Waals surface area (Å²) in [5, 5.41) is 6.46. The Morgan fingerprint density at radius 3 is 3.20 bits per heavy atom. The van der Waals surface area contributed by atoms with Crippen LogP contribution in [0.1, 0.15) is 12.5 Å². The average Bonchev–Trinajstić information content (AvgIpc) is 2.34. The van der Waals surface area contributed by atoms with E-state index in [-0.39, 0.29) is 0 Å². The molecule has 0 atom stereocenters. The first-order valence-corrected chi connectivity index (χ1v) is 3.03. The highest BCUT2D eigenvalue weighted by Crippen LogP contribution is 1.94. The van der Waals surface area contributed by atoms with Gasteiger partial charge in [0.1, 0.15) is 0 Å². The molecule has 0 unspecified atom stereocenters. The van der Waals surface area contributed by atoms with Crippen LogP contribution in [0.15, 0.2) is 17.4 Å². The maximum absolute atomic E-state index is 5.33. The number of nitrogens with one attached hydrogen (secondary N) is 1. The zero-order chi connectivity index (χ0) is 7.40. The molecule has 4 heteroatoms. The summed E-state index contributed by atoms with van der Waals surface area (Å²) in [7, 11) is 0. The highest BCUT2D eigenvalue weighted by Gasteiger charge is 1.88. The van der Waals surface area contributed by atoms with Crippen molar-refractivity contribution in [3.05, 3.63) is 18.0 Å². The van der Waals surface area contributed by atoms with Crippen LogP contribution < -0.4 is 5.73 Å². The fourth-order valence-corrected chi connectivity index (χ4v) is 0.580. The summed E-state index contributed by atoms with van der Waals surface area (Å²) in [5.41, 5.74) is 6.37. The van der Waals surface area contributed by atoms with Crippen LogP contribution in [0.5, 0.6) is 0 Å². The number of nitrogens with two attached hydrogens (primary N) is 1. The summed E-state index contributed by atoms with van der Waals surface area (Å²) in [6.07, 6.45) is 3.53. The molecule has 0 bridgehead atoms. The van der Waals surface area contributed by atoms with Crippen molar-refractivity contribution in [2.24, 2.45) is 10.7 Å². The van der Waals surface area contributed by atoms with Gasteiger partial charge in [0.05, 0.1) is 18.6 Å². The Kier molecular flexibility index (Phi) is 2.04. The van der Waals surface area contributed by atoms with Gasteiger partial charge in [0.15, 0.2) is 0 Å². The number of H-pyrrole nitrogens is 1. The summed E-state index contributed by atoms with van der Waals surface area (Å²) in [6, 6.07) is 0. The molecular weight excluding hydrogens is 128 g/mol. The lowest BCUT2D eigenvalue weighted by Crippen LogP contribution is -2.05. The van der Waals surface area contributed by atoms with Gasteiger partial charge in [0.25, 0.3) is 0 Å². The number of hydrogen-bond donors (Lipinski definition) is 2.